The molecule has 1 rings (SSSR count). The number of aromatic amines is 1. The number of aliphatic hydroxyl groups excluding tert-OH is 1. The van der Waals surface area contributed by atoms with Crippen molar-refractivity contribution in [3.8, 4) is 0 Å². The van der Waals surface area contributed by atoms with Gasteiger partial charge in [-0.2, -0.15) is 11.8 Å². The van der Waals surface area contributed by atoms with Crippen LogP contribution in [0, 0.1) is 0 Å². The quantitative estimate of drug-likeness (QED) is 0.697. The minimum Gasteiger partial charge on any atom is -0.395 e. The molecule has 2 unspecified atom stereocenters. The molecule has 0 bridgehead atoms. The van der Waals surface area contributed by atoms with Crippen molar-refractivity contribution in [2.24, 2.45) is 0 Å². The summed E-state index contributed by atoms with van der Waals surface area (Å²) < 4.78 is 0. The van der Waals surface area contributed by atoms with E-state index < -0.39 is 0 Å². The number of amides is 1. The van der Waals surface area contributed by atoms with E-state index in [0.717, 1.165) is 5.69 Å². The molecule has 0 aliphatic heterocycles. The summed E-state index contributed by atoms with van der Waals surface area (Å²) in [6.07, 6.45) is 1.99. The molecule has 19 heavy (non-hydrogen) atoms. The van der Waals surface area contributed by atoms with Crippen molar-refractivity contribution in [2.45, 2.75) is 24.8 Å². The normalized spacial score (nSPS) is 14.2. The second-order valence-electron chi connectivity index (χ2n) is 4.72. The number of aliphatic hydroxyl groups is 1. The minimum atomic E-state index is -0.0309. The molecule has 108 valence electrons. The Kier molecular flexibility index (Phi) is 6.41. The van der Waals surface area contributed by atoms with E-state index in [1.54, 1.807) is 36.8 Å². The SMILES string of the molecule is CSC(CO)C(C)NCc1ccc(C(=O)N(C)C)[nH]1. The summed E-state index contributed by atoms with van der Waals surface area (Å²) in [5.74, 6) is -0.0309. The molecular weight excluding hydrogens is 262 g/mol. The molecule has 6 heteroatoms. The zero-order chi connectivity index (χ0) is 14.4. The molecule has 0 spiro atoms. The van der Waals surface area contributed by atoms with Crippen LogP contribution in [0.15, 0.2) is 12.1 Å². The third kappa shape index (κ3) is 4.56. The summed E-state index contributed by atoms with van der Waals surface area (Å²) in [4.78, 5) is 16.4. The van der Waals surface area contributed by atoms with Crippen LogP contribution < -0.4 is 5.32 Å². The Morgan fingerprint density at radius 2 is 2.21 bits per heavy atom. The number of nitrogens with zero attached hydrogens (tertiary/aromatic N) is 1. The summed E-state index contributed by atoms with van der Waals surface area (Å²) in [6, 6.07) is 3.90. The van der Waals surface area contributed by atoms with Crippen molar-refractivity contribution in [1.82, 2.24) is 15.2 Å². The fourth-order valence-corrected chi connectivity index (χ4v) is 2.40. The van der Waals surface area contributed by atoms with Crippen molar-refractivity contribution in [1.29, 1.82) is 0 Å². The Morgan fingerprint density at radius 3 is 2.74 bits per heavy atom. The van der Waals surface area contributed by atoms with E-state index in [2.05, 4.69) is 10.3 Å². The smallest absolute Gasteiger partial charge is 0.269 e. The predicted molar refractivity (Wildman–Crippen MR) is 79.5 cm³/mol. The maximum atomic E-state index is 11.7. The molecule has 0 saturated heterocycles. The van der Waals surface area contributed by atoms with Gasteiger partial charge in [-0.05, 0) is 25.3 Å². The monoisotopic (exact) mass is 285 g/mol. The third-order valence-electron chi connectivity index (χ3n) is 3.04. The first-order valence-corrected chi connectivity index (χ1v) is 7.55. The van der Waals surface area contributed by atoms with Crippen molar-refractivity contribution in [3.05, 3.63) is 23.5 Å². The van der Waals surface area contributed by atoms with Gasteiger partial charge in [0.05, 0.1) is 6.61 Å². The first-order valence-electron chi connectivity index (χ1n) is 6.26. The molecule has 0 aliphatic carbocycles. The van der Waals surface area contributed by atoms with Crippen LogP contribution in [-0.4, -0.2) is 59.1 Å². The molecule has 0 aromatic carbocycles. The van der Waals surface area contributed by atoms with Crippen LogP contribution in [0.25, 0.3) is 0 Å². The topological polar surface area (TPSA) is 68.4 Å². The number of nitrogens with one attached hydrogen (secondary N) is 2. The number of aromatic nitrogens is 1. The third-order valence-corrected chi connectivity index (χ3v) is 4.20. The standard InChI is InChI=1S/C13H23N3O2S/c1-9(12(8-17)19-4)14-7-10-5-6-11(15-10)13(18)16(2)3/h5-6,9,12,14-15,17H,7-8H2,1-4H3. The average molecular weight is 285 g/mol. The number of H-pyrrole nitrogens is 1. The first kappa shape index (κ1) is 16.1. The Hall–Kier alpha value is -0.980. The van der Waals surface area contributed by atoms with Crippen molar-refractivity contribution < 1.29 is 9.90 Å². The summed E-state index contributed by atoms with van der Waals surface area (Å²) in [5.41, 5.74) is 1.56. The highest BCUT2D eigenvalue weighted by atomic mass is 32.2. The van der Waals surface area contributed by atoms with Gasteiger partial charge in [0.25, 0.3) is 5.91 Å². The Morgan fingerprint density at radius 1 is 1.53 bits per heavy atom. The summed E-state index contributed by atoms with van der Waals surface area (Å²) >= 11 is 1.64. The molecule has 0 radical (unpaired) electrons. The largest absolute Gasteiger partial charge is 0.395 e. The Balaban J connectivity index is 2.53. The van der Waals surface area contributed by atoms with E-state index >= 15 is 0 Å². The lowest BCUT2D eigenvalue weighted by atomic mass is 10.2. The highest BCUT2D eigenvalue weighted by Gasteiger charge is 2.15. The summed E-state index contributed by atoms with van der Waals surface area (Å²) in [6.45, 7) is 2.86. The first-order chi connectivity index (χ1) is 8.99. The molecule has 1 heterocycles. The van der Waals surface area contributed by atoms with Crippen molar-refractivity contribution in [2.75, 3.05) is 27.0 Å². The molecule has 1 aromatic rings. The number of carbonyl (C=O) groups is 1. The zero-order valence-corrected chi connectivity index (χ0v) is 12.8. The number of thioether (sulfide) groups is 1. The Labute approximate surface area is 118 Å². The highest BCUT2D eigenvalue weighted by Crippen LogP contribution is 2.11. The van der Waals surface area contributed by atoms with Gasteiger partial charge in [0, 0.05) is 37.6 Å². The molecule has 3 N–H and O–H groups in total. The number of hydrogen-bond acceptors (Lipinski definition) is 4. The number of hydrogen-bond donors (Lipinski definition) is 3. The average Bonchev–Trinajstić information content (AvgIpc) is 2.85. The fourth-order valence-electron chi connectivity index (χ4n) is 1.75. The van der Waals surface area contributed by atoms with E-state index in [9.17, 15) is 9.90 Å². The lowest BCUT2D eigenvalue weighted by molar-refractivity contribution is 0.0822. The molecule has 5 nitrogen and oxygen atoms in total. The molecule has 2 atom stereocenters. The van der Waals surface area contributed by atoms with Crippen LogP contribution in [0.3, 0.4) is 0 Å². The van der Waals surface area contributed by atoms with E-state index in [1.807, 2.05) is 19.2 Å². The van der Waals surface area contributed by atoms with E-state index in [-0.39, 0.29) is 23.8 Å². The predicted octanol–water partition coefficient (Wildman–Crippen LogP) is 0.918. The lowest BCUT2D eigenvalue weighted by Gasteiger charge is -2.21. The van der Waals surface area contributed by atoms with E-state index in [4.69, 9.17) is 0 Å². The van der Waals surface area contributed by atoms with Gasteiger partial charge in [-0.1, -0.05) is 0 Å². The van der Waals surface area contributed by atoms with Gasteiger partial charge < -0.3 is 20.3 Å². The van der Waals surface area contributed by atoms with Gasteiger partial charge >= 0.3 is 0 Å². The molecule has 0 aliphatic rings. The van der Waals surface area contributed by atoms with Crippen molar-refractivity contribution in [3.63, 3.8) is 0 Å². The molecule has 0 fully saturated rings. The van der Waals surface area contributed by atoms with Gasteiger partial charge in [-0.3, -0.25) is 4.79 Å². The second kappa shape index (κ2) is 7.57. The zero-order valence-electron chi connectivity index (χ0n) is 11.9. The van der Waals surface area contributed by atoms with Crippen LogP contribution in [-0.2, 0) is 6.54 Å². The Bertz CT molecular complexity index is 402. The van der Waals surface area contributed by atoms with Crippen LogP contribution in [0.4, 0.5) is 0 Å². The van der Waals surface area contributed by atoms with E-state index in [1.165, 1.54) is 0 Å². The second-order valence-corrected chi connectivity index (χ2v) is 5.80. The van der Waals surface area contributed by atoms with E-state index in [0.29, 0.717) is 12.2 Å². The van der Waals surface area contributed by atoms with Gasteiger partial charge in [0.2, 0.25) is 0 Å². The highest BCUT2D eigenvalue weighted by molar-refractivity contribution is 7.99. The molecular formula is C13H23N3O2S. The van der Waals surface area contributed by atoms with Gasteiger partial charge in [0.15, 0.2) is 0 Å². The molecule has 0 saturated carbocycles. The van der Waals surface area contributed by atoms with Crippen LogP contribution in [0.5, 0.6) is 0 Å². The fraction of sp³-hybridized carbons (Fsp3) is 0.615. The number of carbonyl (C=O) groups excluding carboxylic acids is 1. The van der Waals surface area contributed by atoms with Crippen LogP contribution >= 0.6 is 11.8 Å². The summed E-state index contributed by atoms with van der Waals surface area (Å²) in [5, 5.41) is 12.7. The minimum absolute atomic E-state index is 0.0309. The van der Waals surface area contributed by atoms with Crippen molar-refractivity contribution >= 4 is 17.7 Å². The molecule has 1 amide bonds. The van der Waals surface area contributed by atoms with Gasteiger partial charge in [0.1, 0.15) is 5.69 Å². The number of rotatable bonds is 7. The van der Waals surface area contributed by atoms with Crippen LogP contribution in [0.2, 0.25) is 0 Å². The molecule has 1 aromatic heterocycles. The summed E-state index contributed by atoms with van der Waals surface area (Å²) in [7, 11) is 3.46. The lowest BCUT2D eigenvalue weighted by Crippen LogP contribution is -2.37. The maximum Gasteiger partial charge on any atom is 0.269 e. The van der Waals surface area contributed by atoms with Crippen LogP contribution in [0.1, 0.15) is 23.1 Å². The maximum absolute atomic E-state index is 11.7. The van der Waals surface area contributed by atoms with Gasteiger partial charge in [-0.15, -0.1) is 0 Å². The van der Waals surface area contributed by atoms with Gasteiger partial charge in [-0.25, -0.2) is 0 Å².